The summed E-state index contributed by atoms with van der Waals surface area (Å²) in [6.45, 7) is 5.23. The van der Waals surface area contributed by atoms with E-state index in [1.165, 1.54) is 6.92 Å². The topological polar surface area (TPSA) is 40.5 Å². The lowest BCUT2D eigenvalue weighted by molar-refractivity contribution is 0.429. The molecule has 2 N–H and O–H groups in total. The predicted molar refractivity (Wildman–Crippen MR) is 81.9 cm³/mol. The second-order valence-corrected chi connectivity index (χ2v) is 4.28. The van der Waals surface area contributed by atoms with Crippen LogP contribution in [0.25, 0.3) is 11.1 Å². The van der Waals surface area contributed by atoms with Crippen LogP contribution in [0.5, 0.6) is 11.5 Å². The first-order valence-corrected chi connectivity index (χ1v) is 6.50. The second-order valence-electron chi connectivity index (χ2n) is 4.28. The van der Waals surface area contributed by atoms with Crippen LogP contribution in [0, 0.1) is 24.4 Å². The fourth-order valence-corrected chi connectivity index (χ4v) is 1.81. The van der Waals surface area contributed by atoms with Crippen molar-refractivity contribution < 1.29 is 23.4 Å². The van der Waals surface area contributed by atoms with Crippen molar-refractivity contribution in [3.8, 4) is 22.6 Å². The molecule has 0 aliphatic carbocycles. The van der Waals surface area contributed by atoms with Crippen LogP contribution in [-0.2, 0) is 0 Å². The molecule has 0 aliphatic heterocycles. The Labute approximate surface area is 129 Å². The van der Waals surface area contributed by atoms with E-state index in [0.717, 1.165) is 12.1 Å². The van der Waals surface area contributed by atoms with E-state index in [1.807, 2.05) is 13.8 Å². The van der Waals surface area contributed by atoms with Gasteiger partial charge in [0.05, 0.1) is 0 Å². The number of hydrogen-bond acceptors (Lipinski definition) is 2. The Kier molecular flexibility index (Phi) is 5.58. The molecule has 22 heavy (non-hydrogen) atoms. The third-order valence-electron chi connectivity index (χ3n) is 3.03. The van der Waals surface area contributed by atoms with E-state index in [9.17, 15) is 23.4 Å². The highest BCUT2D eigenvalue weighted by atomic mass is 19.1. The van der Waals surface area contributed by atoms with Crippen molar-refractivity contribution in [2.45, 2.75) is 20.8 Å². The van der Waals surface area contributed by atoms with Gasteiger partial charge in [-0.3, -0.25) is 0 Å². The number of rotatable bonds is 1. The Morgan fingerprint density at radius 2 is 1.32 bits per heavy atom. The lowest BCUT2D eigenvalue weighted by Gasteiger charge is -2.15. The summed E-state index contributed by atoms with van der Waals surface area (Å²) in [4.78, 5) is 0. The van der Waals surface area contributed by atoms with Crippen LogP contribution in [0.15, 0.2) is 12.1 Å². The number of benzene rings is 2. The van der Waals surface area contributed by atoms with E-state index >= 15 is 0 Å². The van der Waals surface area contributed by atoms with Crippen molar-refractivity contribution in [1.82, 2.24) is 0 Å². The van der Waals surface area contributed by atoms with Gasteiger partial charge in [-0.2, -0.15) is 0 Å². The molecule has 0 bridgehead atoms. The highest BCUT2D eigenvalue weighted by Gasteiger charge is 2.20. The van der Waals surface area contributed by atoms with Crippen LogP contribution in [0.1, 0.15) is 19.4 Å². The summed E-state index contributed by atoms with van der Waals surface area (Å²) in [7, 11) is 10.7. The van der Waals surface area contributed by atoms with Gasteiger partial charge >= 0.3 is 0 Å². The molecule has 0 saturated carbocycles. The molecule has 0 aliphatic rings. The summed E-state index contributed by atoms with van der Waals surface area (Å²) < 4.78 is 40.7. The minimum atomic E-state index is -1.27. The third kappa shape index (κ3) is 2.93. The number of phenolic OH excluding ortho intramolecular Hbond substituents is 2. The Morgan fingerprint density at radius 3 is 1.77 bits per heavy atom. The van der Waals surface area contributed by atoms with E-state index in [-0.39, 0.29) is 16.7 Å². The maximum atomic E-state index is 13.6. The van der Waals surface area contributed by atoms with Crippen LogP contribution in [0.3, 0.4) is 0 Å². The monoisotopic (exact) mass is 304 g/mol. The summed E-state index contributed by atoms with van der Waals surface area (Å²) in [5.74, 6) is -4.80. The summed E-state index contributed by atoms with van der Waals surface area (Å²) in [5, 5.41) is 19.1. The van der Waals surface area contributed by atoms with Gasteiger partial charge in [-0.05, 0) is 35.5 Å². The summed E-state index contributed by atoms with van der Waals surface area (Å²) in [5.41, 5.74) is -2.11. The van der Waals surface area contributed by atoms with Gasteiger partial charge in [0.2, 0.25) is 0 Å². The second kappa shape index (κ2) is 6.81. The third-order valence-corrected chi connectivity index (χ3v) is 3.03. The molecule has 0 fully saturated rings. The molecule has 0 atom stereocenters. The molecule has 0 unspecified atom stereocenters. The van der Waals surface area contributed by atoms with Gasteiger partial charge in [0.25, 0.3) is 0 Å². The van der Waals surface area contributed by atoms with Crippen LogP contribution < -0.4 is 10.9 Å². The molecule has 2 aromatic carbocycles. The van der Waals surface area contributed by atoms with Crippen molar-refractivity contribution in [3.05, 3.63) is 35.1 Å². The highest BCUT2D eigenvalue weighted by molar-refractivity contribution is 6.42. The van der Waals surface area contributed by atoms with E-state index in [4.69, 9.17) is 15.7 Å². The average molecular weight is 304 g/mol. The molecule has 112 valence electrons. The Hall–Kier alpha value is -2.04. The zero-order valence-electron chi connectivity index (χ0n) is 12.3. The van der Waals surface area contributed by atoms with Gasteiger partial charge < -0.3 is 10.2 Å². The molecule has 0 saturated heterocycles. The van der Waals surface area contributed by atoms with Crippen LogP contribution in [0.2, 0.25) is 0 Å². The molecule has 7 heteroatoms. The summed E-state index contributed by atoms with van der Waals surface area (Å²) in [6.07, 6.45) is 0. The molecular weight excluding hydrogens is 291 g/mol. The zero-order valence-corrected chi connectivity index (χ0v) is 12.3. The average Bonchev–Trinajstić information content (AvgIpc) is 2.50. The molecular formula is C15H13B2F3O2. The maximum Gasteiger partial charge on any atom is 0.158 e. The Bertz CT molecular complexity index is 666. The standard InChI is InChI=1S/C13H7B2F3O2.C2H6/c1-4-6(16)2-5(3-7(4)17)8-9(14)11(18)13(20)10(15)12(8)19;1-2/h2-3,19-20H,1H3;1-2H3. The molecule has 0 heterocycles. The molecule has 0 spiro atoms. The fraction of sp³-hybridized carbons (Fsp3) is 0.200. The van der Waals surface area contributed by atoms with Crippen molar-refractivity contribution in [3.63, 3.8) is 0 Å². The SMILES string of the molecule is CC.[B]c1c(O)c(F)c([B])c(-c2cc(F)c(C)c(F)c2)c1O. The van der Waals surface area contributed by atoms with Crippen molar-refractivity contribution >= 4 is 26.6 Å². The van der Waals surface area contributed by atoms with Gasteiger partial charge in [0.1, 0.15) is 38.8 Å². The quantitative estimate of drug-likeness (QED) is 0.792. The zero-order chi connectivity index (χ0) is 17.2. The molecule has 4 radical (unpaired) electrons. The van der Waals surface area contributed by atoms with Crippen molar-refractivity contribution in [1.29, 1.82) is 0 Å². The predicted octanol–water partition coefficient (Wildman–Crippen LogP) is 2.10. The minimum absolute atomic E-state index is 0.189. The fourth-order valence-electron chi connectivity index (χ4n) is 1.81. The van der Waals surface area contributed by atoms with E-state index in [0.29, 0.717) is 0 Å². The largest absolute Gasteiger partial charge is 0.508 e. The van der Waals surface area contributed by atoms with Gasteiger partial charge in [0.15, 0.2) is 5.82 Å². The molecule has 2 rings (SSSR count). The summed E-state index contributed by atoms with van der Waals surface area (Å²) in [6, 6.07) is 1.78. The van der Waals surface area contributed by atoms with E-state index < -0.39 is 39.9 Å². The first kappa shape index (κ1) is 18.0. The van der Waals surface area contributed by atoms with Crippen LogP contribution in [0.4, 0.5) is 13.2 Å². The number of hydrogen-bond donors (Lipinski definition) is 2. The van der Waals surface area contributed by atoms with Crippen molar-refractivity contribution in [2.75, 3.05) is 0 Å². The minimum Gasteiger partial charge on any atom is -0.508 e. The molecule has 2 aromatic rings. The lowest BCUT2D eigenvalue weighted by Crippen LogP contribution is -2.20. The van der Waals surface area contributed by atoms with Gasteiger partial charge in [-0.25, -0.2) is 13.2 Å². The van der Waals surface area contributed by atoms with Gasteiger partial charge in [0, 0.05) is 11.1 Å². The Balaban J connectivity index is 0.00000116. The van der Waals surface area contributed by atoms with Crippen molar-refractivity contribution in [2.24, 2.45) is 0 Å². The highest BCUT2D eigenvalue weighted by Crippen LogP contribution is 2.31. The molecule has 0 aromatic heterocycles. The van der Waals surface area contributed by atoms with E-state index in [1.54, 1.807) is 0 Å². The van der Waals surface area contributed by atoms with Gasteiger partial charge in [-0.1, -0.05) is 13.8 Å². The number of phenols is 2. The van der Waals surface area contributed by atoms with Gasteiger partial charge in [-0.15, -0.1) is 0 Å². The number of aromatic hydroxyl groups is 2. The number of halogens is 3. The molecule has 2 nitrogen and oxygen atoms in total. The van der Waals surface area contributed by atoms with Crippen LogP contribution in [-0.4, -0.2) is 25.9 Å². The normalized spacial score (nSPS) is 10.1. The maximum absolute atomic E-state index is 13.6. The Morgan fingerprint density at radius 1 is 0.864 bits per heavy atom. The smallest absolute Gasteiger partial charge is 0.158 e. The van der Waals surface area contributed by atoms with E-state index in [2.05, 4.69) is 0 Å². The van der Waals surface area contributed by atoms with Crippen LogP contribution >= 0.6 is 0 Å². The lowest BCUT2D eigenvalue weighted by atomic mass is 9.79. The summed E-state index contributed by atoms with van der Waals surface area (Å²) >= 11 is 0. The molecule has 0 amide bonds. The first-order chi connectivity index (χ1) is 10.3. The first-order valence-electron chi connectivity index (χ1n) is 6.50.